The average Bonchev–Trinajstić information content (AvgIpc) is 2.78. The van der Waals surface area contributed by atoms with E-state index in [9.17, 15) is 0 Å². The van der Waals surface area contributed by atoms with Crippen molar-refractivity contribution in [3.05, 3.63) is 29.8 Å². The van der Waals surface area contributed by atoms with Crippen LogP contribution >= 0.6 is 0 Å². The van der Waals surface area contributed by atoms with E-state index in [2.05, 4.69) is 23.1 Å². The number of hydrogen-bond acceptors (Lipinski definition) is 4. The van der Waals surface area contributed by atoms with Gasteiger partial charge in [-0.15, -0.1) is 0 Å². The molecule has 2 aliphatic rings. The lowest BCUT2D eigenvalue weighted by Crippen LogP contribution is -2.34. The van der Waals surface area contributed by atoms with E-state index in [1.807, 2.05) is 6.07 Å². The Morgan fingerprint density at radius 3 is 2.89 bits per heavy atom. The summed E-state index contributed by atoms with van der Waals surface area (Å²) in [5.41, 5.74) is 6.93. The van der Waals surface area contributed by atoms with Gasteiger partial charge in [0.1, 0.15) is 12.4 Å². The summed E-state index contributed by atoms with van der Waals surface area (Å²) < 4.78 is 11.7. The van der Waals surface area contributed by atoms with Crippen LogP contribution in [0.5, 0.6) is 5.75 Å². The zero-order valence-corrected chi connectivity index (χ0v) is 11.3. The second-order valence-electron chi connectivity index (χ2n) is 5.38. The van der Waals surface area contributed by atoms with Gasteiger partial charge in [-0.05, 0) is 18.9 Å². The molecule has 104 valence electrons. The highest BCUT2D eigenvalue weighted by molar-refractivity contribution is 5.33. The molecule has 1 aromatic carbocycles. The van der Waals surface area contributed by atoms with E-state index in [0.29, 0.717) is 12.6 Å². The summed E-state index contributed by atoms with van der Waals surface area (Å²) >= 11 is 0. The molecule has 2 atom stereocenters. The Labute approximate surface area is 114 Å². The number of hydrogen-bond donors (Lipinski definition) is 1. The van der Waals surface area contributed by atoms with Gasteiger partial charge in [0, 0.05) is 31.7 Å². The van der Waals surface area contributed by atoms with E-state index in [4.69, 9.17) is 15.2 Å². The van der Waals surface area contributed by atoms with Gasteiger partial charge in [0.15, 0.2) is 0 Å². The first-order valence-electron chi connectivity index (χ1n) is 7.14. The molecule has 0 aliphatic carbocycles. The average molecular weight is 262 g/mol. The third-order valence-corrected chi connectivity index (χ3v) is 3.95. The molecule has 0 aromatic heterocycles. The second kappa shape index (κ2) is 5.90. The molecule has 4 heteroatoms. The van der Waals surface area contributed by atoms with E-state index in [0.717, 1.165) is 44.8 Å². The molecule has 0 spiro atoms. The number of ether oxygens (including phenoxy) is 2. The van der Waals surface area contributed by atoms with E-state index in [1.165, 1.54) is 5.56 Å². The summed E-state index contributed by atoms with van der Waals surface area (Å²) in [5, 5.41) is 0. The van der Waals surface area contributed by atoms with Crippen LogP contribution in [-0.4, -0.2) is 43.3 Å². The number of para-hydroxylation sites is 1. The lowest BCUT2D eigenvalue weighted by Gasteiger charge is -2.23. The number of fused-ring (bicyclic) bond motifs is 1. The molecule has 2 heterocycles. The topological polar surface area (TPSA) is 47.7 Å². The minimum absolute atomic E-state index is 0.264. The molecule has 2 aliphatic heterocycles. The van der Waals surface area contributed by atoms with Gasteiger partial charge in [0.05, 0.1) is 12.2 Å². The van der Waals surface area contributed by atoms with Gasteiger partial charge in [-0.1, -0.05) is 18.2 Å². The van der Waals surface area contributed by atoms with Gasteiger partial charge in [-0.3, -0.25) is 4.90 Å². The van der Waals surface area contributed by atoms with Crippen molar-refractivity contribution >= 4 is 0 Å². The summed E-state index contributed by atoms with van der Waals surface area (Å²) in [6.07, 6.45) is 2.82. The van der Waals surface area contributed by atoms with Crippen LogP contribution in [0.3, 0.4) is 0 Å². The highest BCUT2D eigenvalue weighted by atomic mass is 16.5. The predicted octanol–water partition coefficient (Wildman–Crippen LogP) is 1.39. The van der Waals surface area contributed by atoms with Crippen LogP contribution in [0.1, 0.15) is 18.4 Å². The van der Waals surface area contributed by atoms with Crippen LogP contribution in [0.15, 0.2) is 24.3 Å². The highest BCUT2D eigenvalue weighted by Crippen LogP contribution is 2.25. The lowest BCUT2D eigenvalue weighted by molar-refractivity contribution is 0.0246. The molecule has 1 saturated heterocycles. The summed E-state index contributed by atoms with van der Waals surface area (Å²) in [4.78, 5) is 2.43. The molecular formula is C15H22N2O2. The van der Waals surface area contributed by atoms with E-state index in [1.54, 1.807) is 0 Å². The normalized spacial score (nSPS) is 27.6. The third-order valence-electron chi connectivity index (χ3n) is 3.95. The number of nitrogens with zero attached hydrogens (tertiary/aromatic N) is 1. The fraction of sp³-hybridized carbons (Fsp3) is 0.600. The molecule has 1 fully saturated rings. The molecule has 0 amide bonds. The van der Waals surface area contributed by atoms with Crippen LogP contribution in [0.25, 0.3) is 0 Å². The van der Waals surface area contributed by atoms with Crippen LogP contribution < -0.4 is 10.5 Å². The SMILES string of the molecule is NCC1CCC(CN2CCOc3ccccc3C2)O1. The van der Waals surface area contributed by atoms with E-state index >= 15 is 0 Å². The van der Waals surface area contributed by atoms with Crippen molar-refractivity contribution in [2.45, 2.75) is 31.6 Å². The van der Waals surface area contributed by atoms with Crippen molar-refractivity contribution in [3.8, 4) is 5.75 Å². The number of benzene rings is 1. The predicted molar refractivity (Wildman–Crippen MR) is 74.2 cm³/mol. The number of rotatable bonds is 3. The summed E-state index contributed by atoms with van der Waals surface area (Å²) in [6, 6.07) is 8.30. The molecule has 1 aromatic rings. The highest BCUT2D eigenvalue weighted by Gasteiger charge is 2.26. The summed E-state index contributed by atoms with van der Waals surface area (Å²) in [5.74, 6) is 1.03. The Kier molecular flexibility index (Phi) is 4.01. The summed E-state index contributed by atoms with van der Waals surface area (Å²) in [7, 11) is 0. The van der Waals surface area contributed by atoms with Crippen LogP contribution in [0.4, 0.5) is 0 Å². The molecule has 19 heavy (non-hydrogen) atoms. The van der Waals surface area contributed by atoms with Crippen molar-refractivity contribution in [2.75, 3.05) is 26.2 Å². The van der Waals surface area contributed by atoms with Crippen molar-refractivity contribution in [3.63, 3.8) is 0 Å². The monoisotopic (exact) mass is 262 g/mol. The maximum atomic E-state index is 5.93. The zero-order chi connectivity index (χ0) is 13.1. The first-order valence-corrected chi connectivity index (χ1v) is 7.14. The second-order valence-corrected chi connectivity index (χ2v) is 5.38. The van der Waals surface area contributed by atoms with Gasteiger partial charge in [0.25, 0.3) is 0 Å². The number of nitrogens with two attached hydrogens (primary N) is 1. The molecular weight excluding hydrogens is 240 g/mol. The largest absolute Gasteiger partial charge is 0.492 e. The zero-order valence-electron chi connectivity index (χ0n) is 11.3. The Bertz CT molecular complexity index is 424. The Morgan fingerprint density at radius 2 is 2.05 bits per heavy atom. The lowest BCUT2D eigenvalue weighted by atomic mass is 10.1. The van der Waals surface area contributed by atoms with Crippen molar-refractivity contribution in [1.29, 1.82) is 0 Å². The molecule has 3 rings (SSSR count). The Morgan fingerprint density at radius 1 is 1.21 bits per heavy atom. The molecule has 2 unspecified atom stereocenters. The molecule has 2 N–H and O–H groups in total. The van der Waals surface area contributed by atoms with Crippen molar-refractivity contribution in [2.24, 2.45) is 5.73 Å². The maximum absolute atomic E-state index is 5.93. The van der Waals surface area contributed by atoms with Crippen LogP contribution in [0, 0.1) is 0 Å². The minimum Gasteiger partial charge on any atom is -0.492 e. The maximum Gasteiger partial charge on any atom is 0.123 e. The van der Waals surface area contributed by atoms with Crippen LogP contribution in [0.2, 0.25) is 0 Å². The first-order chi connectivity index (χ1) is 9.35. The Balaban J connectivity index is 1.60. The first kappa shape index (κ1) is 12.9. The molecule has 0 saturated carbocycles. The molecule has 0 bridgehead atoms. The van der Waals surface area contributed by atoms with Gasteiger partial charge in [0.2, 0.25) is 0 Å². The Hall–Kier alpha value is -1.10. The van der Waals surface area contributed by atoms with E-state index < -0.39 is 0 Å². The summed E-state index contributed by atoms with van der Waals surface area (Å²) in [6.45, 7) is 4.28. The fourth-order valence-electron chi connectivity index (χ4n) is 2.91. The molecule has 4 nitrogen and oxygen atoms in total. The van der Waals surface area contributed by atoms with Crippen LogP contribution in [-0.2, 0) is 11.3 Å². The van der Waals surface area contributed by atoms with E-state index in [-0.39, 0.29) is 6.10 Å². The quantitative estimate of drug-likeness (QED) is 0.894. The van der Waals surface area contributed by atoms with Gasteiger partial charge in [-0.25, -0.2) is 0 Å². The minimum atomic E-state index is 0.264. The molecule has 0 radical (unpaired) electrons. The fourth-order valence-corrected chi connectivity index (χ4v) is 2.91. The van der Waals surface area contributed by atoms with Gasteiger partial charge < -0.3 is 15.2 Å². The van der Waals surface area contributed by atoms with Gasteiger partial charge >= 0.3 is 0 Å². The third kappa shape index (κ3) is 3.08. The van der Waals surface area contributed by atoms with Crippen molar-refractivity contribution in [1.82, 2.24) is 4.90 Å². The van der Waals surface area contributed by atoms with Crippen molar-refractivity contribution < 1.29 is 9.47 Å². The smallest absolute Gasteiger partial charge is 0.123 e. The standard InChI is InChI=1S/C15H22N2O2/c16-9-13-5-6-14(19-13)11-17-7-8-18-15-4-2-1-3-12(15)10-17/h1-4,13-14H,5-11,16H2. The van der Waals surface area contributed by atoms with Gasteiger partial charge in [-0.2, -0.15) is 0 Å².